The van der Waals surface area contributed by atoms with Gasteiger partial charge in [-0.15, -0.1) is 0 Å². The molecule has 1 unspecified atom stereocenters. The minimum atomic E-state index is -0.0482. The van der Waals surface area contributed by atoms with Crippen molar-refractivity contribution in [2.24, 2.45) is 5.92 Å². The van der Waals surface area contributed by atoms with Crippen molar-refractivity contribution in [1.82, 2.24) is 10.6 Å². The van der Waals surface area contributed by atoms with Crippen LogP contribution in [0.5, 0.6) is 11.5 Å². The molecule has 0 bridgehead atoms. The van der Waals surface area contributed by atoms with Crippen molar-refractivity contribution in [1.29, 1.82) is 0 Å². The highest BCUT2D eigenvalue weighted by molar-refractivity contribution is 5.80. The Kier molecular flexibility index (Phi) is 4.27. The van der Waals surface area contributed by atoms with E-state index in [1.807, 2.05) is 25.1 Å². The van der Waals surface area contributed by atoms with Crippen LogP contribution in [0.4, 0.5) is 0 Å². The molecule has 0 aliphatic carbocycles. The Labute approximate surface area is 113 Å². The number of nitrogens with one attached hydrogen (secondary N) is 2. The number of carbonyl (C=O) groups is 1. The summed E-state index contributed by atoms with van der Waals surface area (Å²) >= 11 is 0. The lowest BCUT2D eigenvalue weighted by atomic mass is 10.0. The van der Waals surface area contributed by atoms with E-state index in [4.69, 9.17) is 9.47 Å². The molecule has 1 atom stereocenters. The summed E-state index contributed by atoms with van der Waals surface area (Å²) < 4.78 is 10.5. The molecule has 0 aromatic heterocycles. The van der Waals surface area contributed by atoms with Crippen LogP contribution in [0.25, 0.3) is 0 Å². The zero-order valence-electron chi connectivity index (χ0n) is 11.5. The van der Waals surface area contributed by atoms with E-state index in [-0.39, 0.29) is 17.9 Å². The molecule has 0 radical (unpaired) electrons. The molecule has 1 aliphatic rings. The molecule has 1 aromatic rings. The van der Waals surface area contributed by atoms with Crippen LogP contribution in [0.15, 0.2) is 18.2 Å². The lowest BCUT2D eigenvalue weighted by Crippen LogP contribution is -2.51. The lowest BCUT2D eigenvalue weighted by molar-refractivity contribution is -0.127. The molecule has 1 amide bonds. The van der Waals surface area contributed by atoms with E-state index in [1.165, 1.54) is 0 Å². The van der Waals surface area contributed by atoms with Crippen molar-refractivity contribution in [2.45, 2.75) is 13.0 Å². The number of amides is 1. The first kappa shape index (κ1) is 13.7. The zero-order valence-corrected chi connectivity index (χ0v) is 11.5. The van der Waals surface area contributed by atoms with E-state index in [2.05, 4.69) is 10.6 Å². The van der Waals surface area contributed by atoms with Crippen LogP contribution in [0.3, 0.4) is 0 Å². The van der Waals surface area contributed by atoms with Gasteiger partial charge in [-0.3, -0.25) is 4.79 Å². The summed E-state index contributed by atoms with van der Waals surface area (Å²) in [5.41, 5.74) is 0.998. The monoisotopic (exact) mass is 264 g/mol. The van der Waals surface area contributed by atoms with Crippen molar-refractivity contribution >= 4 is 5.91 Å². The Morgan fingerprint density at radius 3 is 2.53 bits per heavy atom. The highest BCUT2D eigenvalue weighted by atomic mass is 16.5. The van der Waals surface area contributed by atoms with Crippen LogP contribution >= 0.6 is 0 Å². The molecule has 19 heavy (non-hydrogen) atoms. The highest BCUT2D eigenvalue weighted by Gasteiger charge is 2.26. The Morgan fingerprint density at radius 1 is 1.32 bits per heavy atom. The van der Waals surface area contributed by atoms with Crippen molar-refractivity contribution in [3.05, 3.63) is 23.8 Å². The summed E-state index contributed by atoms with van der Waals surface area (Å²) in [5.74, 6) is 1.56. The van der Waals surface area contributed by atoms with Gasteiger partial charge in [-0.05, 0) is 24.6 Å². The van der Waals surface area contributed by atoms with Gasteiger partial charge in [-0.1, -0.05) is 6.07 Å². The molecule has 1 saturated heterocycles. The first-order valence-electron chi connectivity index (χ1n) is 6.38. The number of benzene rings is 1. The van der Waals surface area contributed by atoms with Crippen LogP contribution in [-0.4, -0.2) is 33.2 Å². The molecule has 0 saturated carbocycles. The zero-order chi connectivity index (χ0) is 13.8. The molecule has 1 aromatic carbocycles. The van der Waals surface area contributed by atoms with E-state index in [0.29, 0.717) is 11.5 Å². The van der Waals surface area contributed by atoms with Gasteiger partial charge in [0.15, 0.2) is 11.5 Å². The van der Waals surface area contributed by atoms with Gasteiger partial charge >= 0.3 is 0 Å². The molecule has 0 spiro atoms. The van der Waals surface area contributed by atoms with Crippen LogP contribution < -0.4 is 20.1 Å². The van der Waals surface area contributed by atoms with Gasteiger partial charge in [-0.25, -0.2) is 0 Å². The fraction of sp³-hybridized carbons (Fsp3) is 0.500. The number of rotatable bonds is 5. The second-order valence-corrected chi connectivity index (χ2v) is 4.70. The molecule has 1 fully saturated rings. The number of hydrogen-bond acceptors (Lipinski definition) is 4. The van der Waals surface area contributed by atoms with Gasteiger partial charge < -0.3 is 20.1 Å². The Bertz CT molecular complexity index is 458. The average molecular weight is 264 g/mol. The minimum absolute atomic E-state index is 0.0482. The quantitative estimate of drug-likeness (QED) is 0.836. The number of ether oxygens (including phenoxy) is 2. The van der Waals surface area contributed by atoms with Gasteiger partial charge in [0.2, 0.25) is 5.91 Å². The average Bonchev–Trinajstić information content (AvgIpc) is 2.35. The van der Waals surface area contributed by atoms with Crippen molar-refractivity contribution < 1.29 is 14.3 Å². The highest BCUT2D eigenvalue weighted by Crippen LogP contribution is 2.29. The first-order chi connectivity index (χ1) is 9.15. The molecule has 1 aliphatic heterocycles. The Balaban J connectivity index is 2.05. The second kappa shape index (κ2) is 5.93. The molecule has 104 valence electrons. The van der Waals surface area contributed by atoms with Crippen molar-refractivity contribution in [3.63, 3.8) is 0 Å². The summed E-state index contributed by atoms with van der Waals surface area (Å²) in [6.45, 7) is 3.50. The Morgan fingerprint density at radius 2 is 2.00 bits per heavy atom. The number of hydrogen-bond donors (Lipinski definition) is 2. The Hall–Kier alpha value is -1.75. The lowest BCUT2D eigenvalue weighted by Gasteiger charge is -2.27. The van der Waals surface area contributed by atoms with Crippen LogP contribution in [0, 0.1) is 5.92 Å². The maximum absolute atomic E-state index is 11.9. The third-order valence-corrected chi connectivity index (χ3v) is 3.42. The third-order valence-electron chi connectivity index (χ3n) is 3.42. The summed E-state index contributed by atoms with van der Waals surface area (Å²) in [7, 11) is 3.21. The predicted molar refractivity (Wildman–Crippen MR) is 72.5 cm³/mol. The van der Waals surface area contributed by atoms with Gasteiger partial charge in [-0.2, -0.15) is 0 Å². The van der Waals surface area contributed by atoms with Crippen molar-refractivity contribution in [2.75, 3.05) is 27.3 Å². The number of carbonyl (C=O) groups excluding carboxylic acids is 1. The topological polar surface area (TPSA) is 59.6 Å². The van der Waals surface area contributed by atoms with Crippen LogP contribution in [0.1, 0.15) is 18.5 Å². The largest absolute Gasteiger partial charge is 0.493 e. The number of methoxy groups -OCH3 is 2. The van der Waals surface area contributed by atoms with Gasteiger partial charge in [0, 0.05) is 13.1 Å². The smallest absolute Gasteiger partial charge is 0.226 e. The predicted octanol–water partition coefficient (Wildman–Crippen LogP) is 1.10. The molecule has 2 rings (SSSR count). The third kappa shape index (κ3) is 2.98. The van der Waals surface area contributed by atoms with E-state index in [9.17, 15) is 4.79 Å². The van der Waals surface area contributed by atoms with Gasteiger partial charge in [0.25, 0.3) is 0 Å². The molecular weight excluding hydrogens is 244 g/mol. The van der Waals surface area contributed by atoms with E-state index >= 15 is 0 Å². The summed E-state index contributed by atoms with van der Waals surface area (Å²) in [6.07, 6.45) is 0. The molecule has 1 heterocycles. The van der Waals surface area contributed by atoms with Crippen LogP contribution in [-0.2, 0) is 4.79 Å². The molecular formula is C14H20N2O3. The minimum Gasteiger partial charge on any atom is -0.493 e. The van der Waals surface area contributed by atoms with E-state index in [1.54, 1.807) is 14.2 Å². The first-order valence-corrected chi connectivity index (χ1v) is 6.38. The van der Waals surface area contributed by atoms with Crippen LogP contribution in [0.2, 0.25) is 0 Å². The molecule has 5 heteroatoms. The van der Waals surface area contributed by atoms with Crippen molar-refractivity contribution in [3.8, 4) is 11.5 Å². The summed E-state index contributed by atoms with van der Waals surface area (Å²) in [5, 5.41) is 6.10. The van der Waals surface area contributed by atoms with Gasteiger partial charge in [0.1, 0.15) is 0 Å². The normalized spacial score (nSPS) is 16.4. The fourth-order valence-electron chi connectivity index (χ4n) is 2.01. The molecule has 2 N–H and O–H groups in total. The fourth-order valence-corrected chi connectivity index (χ4v) is 2.01. The molecule has 5 nitrogen and oxygen atoms in total. The SMILES string of the molecule is COc1ccc(C(C)NC(=O)C2CNC2)cc1OC. The van der Waals surface area contributed by atoms with E-state index in [0.717, 1.165) is 18.7 Å². The maximum Gasteiger partial charge on any atom is 0.226 e. The summed E-state index contributed by atoms with van der Waals surface area (Å²) in [4.78, 5) is 11.9. The standard InChI is InChI=1S/C14H20N2O3/c1-9(16-14(17)11-7-15-8-11)10-4-5-12(18-2)13(6-10)19-3/h4-6,9,11,15H,7-8H2,1-3H3,(H,16,17). The van der Waals surface area contributed by atoms with E-state index < -0.39 is 0 Å². The van der Waals surface area contributed by atoms with Gasteiger partial charge in [0.05, 0.1) is 26.2 Å². The maximum atomic E-state index is 11.9. The summed E-state index contributed by atoms with van der Waals surface area (Å²) in [6, 6.07) is 5.63. The second-order valence-electron chi connectivity index (χ2n) is 4.70.